The highest BCUT2D eigenvalue weighted by atomic mass is 35.5. The van der Waals surface area contributed by atoms with Crippen LogP contribution in [0.15, 0.2) is 36.3 Å². The van der Waals surface area contributed by atoms with E-state index in [2.05, 4.69) is 9.73 Å². The molecule has 0 radical (unpaired) electrons. The molecule has 0 unspecified atom stereocenters. The quantitative estimate of drug-likeness (QED) is 0.207. The Morgan fingerprint density at radius 2 is 1.71 bits per heavy atom. The molecule has 16 heteroatoms. The molecule has 1 aromatic carbocycles. The molecule has 0 saturated heterocycles. The van der Waals surface area contributed by atoms with E-state index in [4.69, 9.17) is 46.4 Å². The van der Waals surface area contributed by atoms with Gasteiger partial charge in [0, 0.05) is 35.8 Å². The summed E-state index contributed by atoms with van der Waals surface area (Å²) >= 11 is 26.0. The number of methoxy groups -OCH3 is 1. The van der Waals surface area contributed by atoms with Crippen molar-refractivity contribution in [3.05, 3.63) is 47.0 Å². The van der Waals surface area contributed by atoms with Crippen LogP contribution in [0.3, 0.4) is 0 Å². The minimum Gasteiger partial charge on any atom is -0.468 e. The zero-order valence-electron chi connectivity index (χ0n) is 23.1. The Morgan fingerprint density at radius 3 is 2.27 bits per heavy atom. The number of hydrogen-bond donors (Lipinski definition) is 0. The molecule has 228 valence electrons. The third-order valence-electron chi connectivity index (χ3n) is 5.53. The number of hydrogen-bond acceptors (Lipinski definition) is 8. The summed E-state index contributed by atoms with van der Waals surface area (Å²) in [5.41, 5.74) is 0.0829. The maximum Gasteiger partial charge on any atom is 0.325 e. The van der Waals surface area contributed by atoms with E-state index in [-0.39, 0.29) is 43.2 Å². The third kappa shape index (κ3) is 10.8. The molecule has 8 nitrogen and oxygen atoms in total. The van der Waals surface area contributed by atoms with Gasteiger partial charge in [0.2, 0.25) is 4.80 Å². The van der Waals surface area contributed by atoms with Gasteiger partial charge in [0.15, 0.2) is 0 Å². The van der Waals surface area contributed by atoms with Gasteiger partial charge in [-0.15, -0.1) is 11.8 Å². The fourth-order valence-corrected chi connectivity index (χ4v) is 7.11. The average Bonchev–Trinajstić information content (AvgIpc) is 3.22. The van der Waals surface area contributed by atoms with Crippen LogP contribution in [0.2, 0.25) is 5.02 Å². The largest absolute Gasteiger partial charge is 0.468 e. The zero-order chi connectivity index (χ0) is 30.9. The van der Waals surface area contributed by atoms with Crippen LogP contribution in [0.25, 0.3) is 0 Å². The number of fused-ring (bicyclic) bond motifs is 1. The van der Waals surface area contributed by atoms with Crippen molar-refractivity contribution in [1.82, 2.24) is 14.3 Å². The lowest BCUT2D eigenvalue weighted by molar-refractivity contribution is -0.137. The second-order valence-electron chi connectivity index (χ2n) is 9.13. The number of benzene rings is 1. The van der Waals surface area contributed by atoms with E-state index in [9.17, 15) is 18.8 Å². The molecule has 0 spiro atoms. The number of rotatable bonds is 8. The summed E-state index contributed by atoms with van der Waals surface area (Å²) in [6.45, 7) is 9.23. The van der Waals surface area contributed by atoms with Crippen LogP contribution >= 0.6 is 81.3 Å². The predicted octanol–water partition coefficient (Wildman–Crippen LogP) is 7.64. The average molecular weight is 709 g/mol. The van der Waals surface area contributed by atoms with Gasteiger partial charge in [0.1, 0.15) is 16.0 Å². The Bertz CT molecular complexity index is 1380. The first kappa shape index (κ1) is 36.0. The number of ether oxygens (including phenoxy) is 1. The lowest BCUT2D eigenvalue weighted by atomic mass is 10.2. The molecule has 3 rings (SSSR count). The molecule has 41 heavy (non-hydrogen) atoms. The number of nitrogens with zero attached hydrogens (tertiary/aromatic N) is 4. The first-order valence-electron chi connectivity index (χ1n) is 12.5. The van der Waals surface area contributed by atoms with Gasteiger partial charge < -0.3 is 9.64 Å². The van der Waals surface area contributed by atoms with Gasteiger partial charge in [-0.25, -0.2) is 14.1 Å². The van der Waals surface area contributed by atoms with Gasteiger partial charge in [-0.1, -0.05) is 58.2 Å². The first-order valence-corrected chi connectivity index (χ1v) is 16.8. The van der Waals surface area contributed by atoms with Crippen molar-refractivity contribution in [1.29, 1.82) is 0 Å². The van der Waals surface area contributed by atoms with Crippen molar-refractivity contribution < 1.29 is 18.7 Å². The maximum atomic E-state index is 14.3. The van der Waals surface area contributed by atoms with Crippen LogP contribution in [0.1, 0.15) is 40.5 Å². The van der Waals surface area contributed by atoms with E-state index in [0.717, 1.165) is 53.8 Å². The molecule has 2 aromatic rings. The molecule has 0 atom stereocenters. The Kier molecular flexibility index (Phi) is 15.1. The molecule has 2 heterocycles. The van der Waals surface area contributed by atoms with E-state index < -0.39 is 11.8 Å². The Hall–Kier alpha value is -1.15. The lowest BCUT2D eigenvalue weighted by Crippen LogP contribution is -2.39. The molecule has 1 aliphatic rings. The molecule has 0 bridgehead atoms. The van der Waals surface area contributed by atoms with Crippen molar-refractivity contribution in [2.24, 2.45) is 4.99 Å². The van der Waals surface area contributed by atoms with Crippen LogP contribution < -0.4 is 9.67 Å². The highest BCUT2D eigenvalue weighted by molar-refractivity contribution is 8.13. The summed E-state index contributed by atoms with van der Waals surface area (Å²) in [4.78, 5) is 42.2. The smallest absolute Gasteiger partial charge is 0.325 e. The van der Waals surface area contributed by atoms with Crippen LogP contribution in [-0.4, -0.2) is 56.2 Å². The second-order valence-corrected chi connectivity index (χ2v) is 13.8. The van der Waals surface area contributed by atoms with Crippen LogP contribution in [0.4, 0.5) is 14.9 Å². The topological polar surface area (TPSA) is 85.9 Å². The predicted molar refractivity (Wildman–Crippen MR) is 170 cm³/mol. The lowest BCUT2D eigenvalue weighted by Gasteiger charge is -2.30. The summed E-state index contributed by atoms with van der Waals surface area (Å²) in [5.74, 6) is -0.619. The molecule has 0 fully saturated rings. The fraction of sp³-hybridized carbons (Fsp3) is 0.520. The summed E-state index contributed by atoms with van der Waals surface area (Å²) in [6.07, 6.45) is 1.90. The number of halogens is 5. The summed E-state index contributed by atoms with van der Waals surface area (Å²) in [5, 5.41) is 0.483. The van der Waals surface area contributed by atoms with Crippen molar-refractivity contribution in [3.8, 4) is 0 Å². The van der Waals surface area contributed by atoms with E-state index >= 15 is 0 Å². The molecule has 1 aromatic heterocycles. The summed E-state index contributed by atoms with van der Waals surface area (Å²) in [7, 11) is 1.30. The van der Waals surface area contributed by atoms with Crippen LogP contribution in [0, 0.1) is 5.82 Å². The molecule has 1 aliphatic heterocycles. The van der Waals surface area contributed by atoms with Crippen LogP contribution in [0.5, 0.6) is 0 Å². The Balaban J connectivity index is 0.000000320. The van der Waals surface area contributed by atoms with Gasteiger partial charge in [-0.3, -0.25) is 19.1 Å². The number of carbonyl (C=O) groups is 2. The molecule has 0 N–H and O–H groups in total. The second kappa shape index (κ2) is 17.2. The van der Waals surface area contributed by atoms with Gasteiger partial charge in [-0.2, -0.15) is 0 Å². The molecule has 1 amide bonds. The minimum absolute atomic E-state index is 0.0160. The van der Waals surface area contributed by atoms with E-state index in [1.54, 1.807) is 14.3 Å². The Labute approximate surface area is 270 Å². The Morgan fingerprint density at radius 1 is 1.10 bits per heavy atom. The number of thioether (sulfide) groups is 2. The minimum atomic E-state index is -0.580. The standard InChI is InChI=1S/C15H15ClFN3O3S2.C10H16Cl3NOS/c1-23-13(21)8-24-12-7-11(10(17)6-9(12)16)18-14-19-4-2-3-5-20(19)15(22)25-14;1-6(2)14(7(3)4)10(15)16-5-8(11)9(12)13/h6-7H,2-5,8H2,1H3;6-7H,5H2,1-4H3/b18-14-;. The zero-order valence-corrected chi connectivity index (χ0v) is 28.6. The van der Waals surface area contributed by atoms with Crippen LogP contribution in [-0.2, 0) is 22.6 Å². The summed E-state index contributed by atoms with van der Waals surface area (Å²) in [6, 6.07) is 2.97. The summed E-state index contributed by atoms with van der Waals surface area (Å²) < 4.78 is 22.3. The number of aromatic nitrogens is 2. The van der Waals surface area contributed by atoms with Gasteiger partial charge in [-0.05, 0) is 64.0 Å². The number of amides is 1. The van der Waals surface area contributed by atoms with E-state index in [1.807, 2.05) is 27.7 Å². The number of esters is 1. The number of carbonyl (C=O) groups excluding carboxylic acids is 2. The third-order valence-corrected chi connectivity index (χ3v) is 9.88. The van der Waals surface area contributed by atoms with Gasteiger partial charge in [0.25, 0.3) is 5.24 Å². The normalized spacial score (nSPS) is 13.0. The van der Waals surface area contributed by atoms with Crippen molar-refractivity contribution in [2.75, 3.05) is 18.6 Å². The highest BCUT2D eigenvalue weighted by Crippen LogP contribution is 2.33. The molecular weight excluding hydrogens is 677 g/mol. The van der Waals surface area contributed by atoms with Gasteiger partial charge in [0.05, 0.1) is 22.9 Å². The fourth-order valence-electron chi connectivity index (χ4n) is 3.70. The first-order chi connectivity index (χ1) is 19.3. The monoisotopic (exact) mass is 706 g/mol. The van der Waals surface area contributed by atoms with E-state index in [1.165, 1.54) is 13.2 Å². The van der Waals surface area contributed by atoms with E-state index in [0.29, 0.717) is 33.6 Å². The highest BCUT2D eigenvalue weighted by Gasteiger charge is 2.21. The van der Waals surface area contributed by atoms with Crippen molar-refractivity contribution in [3.63, 3.8) is 0 Å². The van der Waals surface area contributed by atoms with Gasteiger partial charge >= 0.3 is 10.8 Å². The molecular formula is C25H31Cl4FN4O4S3. The molecule has 0 aliphatic carbocycles. The maximum absolute atomic E-state index is 14.3. The van der Waals surface area contributed by atoms with Crippen molar-refractivity contribution in [2.45, 2.75) is 70.6 Å². The SMILES string of the molecule is CC(C)N(C(=O)SCC(Cl)=C(Cl)Cl)C(C)C.COC(=O)CSc1cc(/N=c2\sc(=O)n3n2CCCC3)c(F)cc1Cl. The molecule has 0 saturated carbocycles. The van der Waals surface area contributed by atoms with Crippen molar-refractivity contribution >= 4 is 98.2 Å².